The van der Waals surface area contributed by atoms with Crippen LogP contribution in [0.25, 0.3) is 0 Å². The van der Waals surface area contributed by atoms with E-state index in [1.807, 2.05) is 23.7 Å². The van der Waals surface area contributed by atoms with Crippen molar-refractivity contribution in [2.45, 2.75) is 20.0 Å². The van der Waals surface area contributed by atoms with Crippen molar-refractivity contribution in [3.8, 4) is 0 Å². The van der Waals surface area contributed by atoms with Gasteiger partial charge in [0, 0.05) is 17.8 Å². The third-order valence-corrected chi connectivity index (χ3v) is 3.63. The first kappa shape index (κ1) is 12.4. The highest BCUT2D eigenvalue weighted by atomic mass is 35.5. The maximum Gasteiger partial charge on any atom is 0.0677 e. The van der Waals surface area contributed by atoms with Crippen molar-refractivity contribution in [2.24, 2.45) is 5.73 Å². The van der Waals surface area contributed by atoms with E-state index in [1.54, 1.807) is 12.3 Å². The summed E-state index contributed by atoms with van der Waals surface area (Å²) < 4.78 is 1.87. The maximum atomic E-state index is 6.14. The molecule has 2 aromatic rings. The van der Waals surface area contributed by atoms with Crippen LogP contribution in [0.4, 0.5) is 0 Å². The molecule has 0 atom stereocenters. The predicted octanol–water partition coefficient (Wildman–Crippen LogP) is 3.01. The molecule has 1 aromatic carbocycles. The lowest BCUT2D eigenvalue weighted by Crippen LogP contribution is -2.06. The van der Waals surface area contributed by atoms with Crippen LogP contribution in [0.15, 0.2) is 24.4 Å². The summed E-state index contributed by atoms with van der Waals surface area (Å²) in [6.07, 6.45) is 1.79. The number of nitrogens with two attached hydrogens (primary N) is 1. The summed E-state index contributed by atoms with van der Waals surface area (Å²) in [4.78, 5) is 0. The van der Waals surface area contributed by atoms with E-state index >= 15 is 0 Å². The van der Waals surface area contributed by atoms with E-state index in [4.69, 9.17) is 28.9 Å². The fourth-order valence-electron chi connectivity index (χ4n) is 1.68. The van der Waals surface area contributed by atoms with Crippen molar-refractivity contribution < 1.29 is 0 Å². The molecular weight excluding hydrogens is 257 g/mol. The average molecular weight is 270 g/mol. The molecule has 0 aliphatic heterocycles. The number of rotatable bonds is 3. The van der Waals surface area contributed by atoms with Gasteiger partial charge in [0.25, 0.3) is 0 Å². The lowest BCUT2D eigenvalue weighted by Gasteiger charge is -2.08. The van der Waals surface area contributed by atoms with E-state index in [0.717, 1.165) is 16.8 Å². The van der Waals surface area contributed by atoms with Crippen molar-refractivity contribution in [1.82, 2.24) is 9.78 Å². The van der Waals surface area contributed by atoms with Gasteiger partial charge in [-0.15, -0.1) is 0 Å². The molecule has 0 saturated carbocycles. The van der Waals surface area contributed by atoms with Crippen molar-refractivity contribution in [3.05, 3.63) is 51.3 Å². The van der Waals surface area contributed by atoms with Crippen LogP contribution in [0.1, 0.15) is 16.8 Å². The monoisotopic (exact) mass is 269 g/mol. The van der Waals surface area contributed by atoms with Crippen LogP contribution in [0.2, 0.25) is 10.0 Å². The van der Waals surface area contributed by atoms with E-state index in [9.17, 15) is 0 Å². The predicted molar refractivity (Wildman–Crippen MR) is 70.4 cm³/mol. The zero-order valence-corrected chi connectivity index (χ0v) is 11.0. The summed E-state index contributed by atoms with van der Waals surface area (Å²) in [7, 11) is 0. The summed E-state index contributed by atoms with van der Waals surface area (Å²) in [6, 6.07) is 5.60. The van der Waals surface area contributed by atoms with Gasteiger partial charge in [-0.25, -0.2) is 0 Å². The quantitative estimate of drug-likeness (QED) is 0.931. The summed E-state index contributed by atoms with van der Waals surface area (Å²) >= 11 is 12.1. The molecule has 0 fully saturated rings. The number of nitrogens with zero attached hydrogens (tertiary/aromatic N) is 2. The first-order valence-electron chi connectivity index (χ1n) is 5.27. The Kier molecular flexibility index (Phi) is 3.72. The normalized spacial score (nSPS) is 10.8. The fraction of sp³-hybridized carbons (Fsp3) is 0.250. The number of aromatic nitrogens is 2. The van der Waals surface area contributed by atoms with Crippen LogP contribution < -0.4 is 5.73 Å². The van der Waals surface area contributed by atoms with Gasteiger partial charge in [-0.2, -0.15) is 5.10 Å². The Morgan fingerprint density at radius 2 is 2.06 bits per heavy atom. The van der Waals surface area contributed by atoms with Crippen LogP contribution in [0, 0.1) is 6.92 Å². The molecule has 0 amide bonds. The van der Waals surface area contributed by atoms with E-state index in [1.165, 1.54) is 0 Å². The first-order chi connectivity index (χ1) is 8.13. The van der Waals surface area contributed by atoms with Gasteiger partial charge < -0.3 is 5.73 Å². The molecule has 1 heterocycles. The molecule has 2 N–H and O–H groups in total. The van der Waals surface area contributed by atoms with Gasteiger partial charge in [0.15, 0.2) is 0 Å². The molecule has 0 spiro atoms. The molecule has 2 rings (SSSR count). The Morgan fingerprint density at radius 3 is 2.71 bits per heavy atom. The second-order valence-corrected chi connectivity index (χ2v) is 4.62. The molecule has 5 heteroatoms. The lowest BCUT2D eigenvalue weighted by atomic mass is 10.2. The largest absolute Gasteiger partial charge is 0.326 e. The van der Waals surface area contributed by atoms with Crippen molar-refractivity contribution >= 4 is 23.2 Å². The van der Waals surface area contributed by atoms with Gasteiger partial charge in [0.2, 0.25) is 0 Å². The summed E-state index contributed by atoms with van der Waals surface area (Å²) in [5, 5.41) is 5.43. The van der Waals surface area contributed by atoms with Crippen molar-refractivity contribution in [3.63, 3.8) is 0 Å². The minimum Gasteiger partial charge on any atom is -0.326 e. The minimum absolute atomic E-state index is 0.495. The van der Waals surface area contributed by atoms with Gasteiger partial charge in [0.1, 0.15) is 0 Å². The Labute approximate surface area is 110 Å². The van der Waals surface area contributed by atoms with Gasteiger partial charge in [-0.05, 0) is 18.6 Å². The fourth-order valence-corrected chi connectivity index (χ4v) is 2.06. The average Bonchev–Trinajstić information content (AvgIpc) is 2.66. The highest BCUT2D eigenvalue weighted by Crippen LogP contribution is 2.26. The molecule has 0 aliphatic rings. The smallest absolute Gasteiger partial charge is 0.0677 e. The summed E-state index contributed by atoms with van der Waals surface area (Å²) in [5.74, 6) is 0. The topological polar surface area (TPSA) is 43.8 Å². The third kappa shape index (κ3) is 2.46. The van der Waals surface area contributed by atoms with Crippen LogP contribution in [-0.2, 0) is 13.1 Å². The first-order valence-corrected chi connectivity index (χ1v) is 6.03. The van der Waals surface area contributed by atoms with E-state index in [-0.39, 0.29) is 0 Å². The Hall–Kier alpha value is -1.03. The Balaban J connectivity index is 2.31. The van der Waals surface area contributed by atoms with Gasteiger partial charge in [0.05, 0.1) is 22.8 Å². The molecule has 0 unspecified atom stereocenters. The number of hydrogen-bond acceptors (Lipinski definition) is 2. The highest BCUT2D eigenvalue weighted by Gasteiger charge is 2.09. The molecule has 0 aliphatic carbocycles. The molecule has 0 saturated heterocycles. The second-order valence-electron chi connectivity index (χ2n) is 3.83. The summed E-state index contributed by atoms with van der Waals surface area (Å²) in [5.41, 5.74) is 8.67. The number of benzene rings is 1. The van der Waals surface area contributed by atoms with E-state index in [0.29, 0.717) is 23.1 Å². The number of halogens is 2. The zero-order chi connectivity index (χ0) is 12.4. The lowest BCUT2D eigenvalue weighted by molar-refractivity contribution is 0.663. The Bertz CT molecular complexity index is 535. The Morgan fingerprint density at radius 1 is 1.29 bits per heavy atom. The van der Waals surface area contributed by atoms with Crippen molar-refractivity contribution in [2.75, 3.05) is 0 Å². The van der Waals surface area contributed by atoms with Crippen LogP contribution in [-0.4, -0.2) is 9.78 Å². The van der Waals surface area contributed by atoms with Gasteiger partial charge in [-0.3, -0.25) is 4.68 Å². The molecule has 3 nitrogen and oxygen atoms in total. The number of hydrogen-bond donors (Lipinski definition) is 1. The van der Waals surface area contributed by atoms with Crippen LogP contribution >= 0.6 is 23.2 Å². The SMILES string of the molecule is Cc1c(CN)cnn1Cc1cccc(Cl)c1Cl. The van der Waals surface area contributed by atoms with Crippen molar-refractivity contribution in [1.29, 1.82) is 0 Å². The molecular formula is C12H13Cl2N3. The minimum atomic E-state index is 0.495. The van der Waals surface area contributed by atoms with E-state index in [2.05, 4.69) is 5.10 Å². The molecule has 0 bridgehead atoms. The van der Waals surface area contributed by atoms with Crippen LogP contribution in [0.3, 0.4) is 0 Å². The zero-order valence-electron chi connectivity index (χ0n) is 9.45. The standard InChI is InChI=1S/C12H13Cl2N3/c1-8-10(5-15)6-16-17(8)7-9-3-2-4-11(13)12(9)14/h2-4,6H,5,7,15H2,1H3. The highest BCUT2D eigenvalue weighted by molar-refractivity contribution is 6.42. The second kappa shape index (κ2) is 5.08. The third-order valence-electron chi connectivity index (χ3n) is 2.78. The van der Waals surface area contributed by atoms with E-state index < -0.39 is 0 Å². The van der Waals surface area contributed by atoms with Gasteiger partial charge >= 0.3 is 0 Å². The molecule has 0 radical (unpaired) electrons. The molecule has 90 valence electrons. The van der Waals surface area contributed by atoms with Crippen LogP contribution in [0.5, 0.6) is 0 Å². The van der Waals surface area contributed by atoms with Gasteiger partial charge in [-0.1, -0.05) is 35.3 Å². The summed E-state index contributed by atoms with van der Waals surface area (Å²) in [6.45, 7) is 3.09. The molecule has 17 heavy (non-hydrogen) atoms. The maximum absolute atomic E-state index is 6.14. The molecule has 1 aromatic heterocycles.